The molecular weight excluding hydrogens is 164 g/mol. The van der Waals surface area contributed by atoms with Crippen molar-refractivity contribution < 1.29 is 9.53 Å². The van der Waals surface area contributed by atoms with E-state index in [4.69, 9.17) is 4.74 Å². The van der Waals surface area contributed by atoms with E-state index in [-0.39, 0.29) is 0 Å². The lowest BCUT2D eigenvalue weighted by molar-refractivity contribution is -0.125. The molecule has 1 fully saturated rings. The van der Waals surface area contributed by atoms with Crippen LogP contribution in [-0.2, 0) is 9.53 Å². The summed E-state index contributed by atoms with van der Waals surface area (Å²) in [5.41, 5.74) is 0. The highest BCUT2D eigenvalue weighted by molar-refractivity contribution is 5.84. The highest BCUT2D eigenvalue weighted by Crippen LogP contribution is 2.29. The van der Waals surface area contributed by atoms with Crippen molar-refractivity contribution in [3.8, 4) is 0 Å². The quantitative estimate of drug-likeness (QED) is 0.607. The van der Waals surface area contributed by atoms with Gasteiger partial charge in [-0.2, -0.15) is 0 Å². The third kappa shape index (κ3) is 4.41. The van der Waals surface area contributed by atoms with Crippen molar-refractivity contribution >= 4 is 5.78 Å². The largest absolute Gasteiger partial charge is 0.373 e. The minimum atomic E-state index is 0.309. The van der Waals surface area contributed by atoms with Gasteiger partial charge in [-0.05, 0) is 25.2 Å². The van der Waals surface area contributed by atoms with Crippen molar-refractivity contribution in [1.29, 1.82) is 0 Å². The number of carbonyl (C=O) groups is 1. The van der Waals surface area contributed by atoms with Gasteiger partial charge in [0.05, 0.1) is 0 Å². The molecule has 0 N–H and O–H groups in total. The number of ketones is 1. The topological polar surface area (TPSA) is 26.3 Å². The molecule has 2 nitrogen and oxygen atoms in total. The Balaban J connectivity index is 1.96. The number of hydrogen-bond acceptors (Lipinski definition) is 2. The van der Waals surface area contributed by atoms with Crippen molar-refractivity contribution in [3.63, 3.8) is 0 Å². The molecule has 0 bridgehead atoms. The molecule has 76 valence electrons. The summed E-state index contributed by atoms with van der Waals surface area (Å²) in [6, 6.07) is 0. The molecule has 0 aromatic heterocycles. The van der Waals surface area contributed by atoms with Gasteiger partial charge in [-0.15, -0.1) is 0 Å². The van der Waals surface area contributed by atoms with E-state index in [9.17, 15) is 4.79 Å². The van der Waals surface area contributed by atoms with E-state index in [1.807, 2.05) is 0 Å². The van der Waals surface area contributed by atoms with Crippen LogP contribution in [0.2, 0.25) is 0 Å². The predicted octanol–water partition coefficient (Wildman–Crippen LogP) is 2.42. The molecule has 1 saturated carbocycles. The fourth-order valence-electron chi connectivity index (χ4n) is 1.46. The summed E-state index contributed by atoms with van der Waals surface area (Å²) in [6.45, 7) is 5.43. The summed E-state index contributed by atoms with van der Waals surface area (Å²) in [7, 11) is 0. The van der Waals surface area contributed by atoms with E-state index < -0.39 is 0 Å². The predicted molar refractivity (Wildman–Crippen MR) is 52.6 cm³/mol. The zero-order chi connectivity index (χ0) is 9.68. The van der Waals surface area contributed by atoms with Crippen molar-refractivity contribution in [3.05, 3.63) is 0 Å². The first-order valence-corrected chi connectivity index (χ1v) is 5.34. The zero-order valence-electron chi connectivity index (χ0n) is 8.71. The van der Waals surface area contributed by atoms with E-state index in [0.717, 1.165) is 19.4 Å². The van der Waals surface area contributed by atoms with Gasteiger partial charge in [-0.1, -0.05) is 20.3 Å². The summed E-state index contributed by atoms with van der Waals surface area (Å²) in [5, 5.41) is 0. The summed E-state index contributed by atoms with van der Waals surface area (Å²) in [5.74, 6) is 1.25. The summed E-state index contributed by atoms with van der Waals surface area (Å²) in [6.07, 6.45) is 4.57. The molecule has 0 saturated heterocycles. The van der Waals surface area contributed by atoms with Crippen LogP contribution in [0.15, 0.2) is 0 Å². The molecule has 2 heteroatoms. The van der Waals surface area contributed by atoms with Crippen LogP contribution in [0, 0.1) is 11.8 Å². The van der Waals surface area contributed by atoms with Gasteiger partial charge in [-0.3, -0.25) is 4.79 Å². The Kier molecular flexibility index (Phi) is 4.43. The van der Waals surface area contributed by atoms with Crippen LogP contribution in [0.4, 0.5) is 0 Å². The van der Waals surface area contributed by atoms with Gasteiger partial charge in [0.15, 0.2) is 5.78 Å². The van der Waals surface area contributed by atoms with Gasteiger partial charge in [0.1, 0.15) is 6.61 Å². The van der Waals surface area contributed by atoms with Crippen molar-refractivity contribution in [2.24, 2.45) is 11.8 Å². The van der Waals surface area contributed by atoms with Crippen molar-refractivity contribution in [2.45, 2.75) is 39.5 Å². The number of ether oxygens (including phenoxy) is 1. The second kappa shape index (κ2) is 5.38. The average molecular weight is 184 g/mol. The average Bonchev–Trinajstić information content (AvgIpc) is 2.86. The fraction of sp³-hybridized carbons (Fsp3) is 0.909. The fourth-order valence-corrected chi connectivity index (χ4v) is 1.46. The minimum absolute atomic E-state index is 0.309. The lowest BCUT2D eigenvalue weighted by Crippen LogP contribution is -2.14. The Morgan fingerprint density at radius 1 is 1.54 bits per heavy atom. The summed E-state index contributed by atoms with van der Waals surface area (Å²) < 4.78 is 5.36. The number of Topliss-reactive ketones (excluding diaryl/α,β-unsaturated/α-hetero) is 1. The monoisotopic (exact) mass is 184 g/mol. The first-order chi connectivity index (χ1) is 6.24. The first-order valence-electron chi connectivity index (χ1n) is 5.34. The standard InChI is InChI=1S/C11H20O2/c1-3-4-9(2)7-13-8-11(12)10-5-6-10/h9-10H,3-8H2,1-2H3. The number of hydrogen-bond donors (Lipinski definition) is 0. The Hall–Kier alpha value is -0.370. The highest BCUT2D eigenvalue weighted by atomic mass is 16.5. The van der Waals surface area contributed by atoms with E-state index >= 15 is 0 Å². The van der Waals surface area contributed by atoms with Crippen LogP contribution in [0.1, 0.15) is 39.5 Å². The summed E-state index contributed by atoms with van der Waals surface area (Å²) in [4.78, 5) is 11.2. The van der Waals surface area contributed by atoms with Gasteiger partial charge in [0.25, 0.3) is 0 Å². The Bertz CT molecular complexity index is 161. The number of carbonyl (C=O) groups excluding carboxylic acids is 1. The molecule has 0 heterocycles. The maximum Gasteiger partial charge on any atom is 0.161 e. The van der Waals surface area contributed by atoms with Gasteiger partial charge >= 0.3 is 0 Å². The molecule has 0 spiro atoms. The Labute approximate surface area is 80.7 Å². The Morgan fingerprint density at radius 3 is 2.77 bits per heavy atom. The molecule has 1 aliphatic carbocycles. The molecule has 1 rings (SSSR count). The highest BCUT2D eigenvalue weighted by Gasteiger charge is 2.29. The normalized spacial score (nSPS) is 18.6. The molecule has 1 unspecified atom stereocenters. The summed E-state index contributed by atoms with van der Waals surface area (Å²) >= 11 is 0. The third-order valence-electron chi connectivity index (χ3n) is 2.46. The molecular formula is C11H20O2. The molecule has 0 amide bonds. The van der Waals surface area contributed by atoms with Crippen molar-refractivity contribution in [2.75, 3.05) is 13.2 Å². The van der Waals surface area contributed by atoms with E-state index in [1.165, 1.54) is 12.8 Å². The molecule has 0 aromatic rings. The van der Waals surface area contributed by atoms with Gasteiger partial charge in [0, 0.05) is 12.5 Å². The lowest BCUT2D eigenvalue weighted by Gasteiger charge is -2.09. The van der Waals surface area contributed by atoms with E-state index in [1.54, 1.807) is 0 Å². The van der Waals surface area contributed by atoms with Crippen LogP contribution in [0.25, 0.3) is 0 Å². The molecule has 13 heavy (non-hydrogen) atoms. The molecule has 1 aliphatic rings. The SMILES string of the molecule is CCCC(C)COCC(=O)C1CC1. The van der Waals surface area contributed by atoms with Crippen LogP contribution < -0.4 is 0 Å². The Morgan fingerprint density at radius 2 is 2.23 bits per heavy atom. The van der Waals surface area contributed by atoms with Crippen LogP contribution in [0.3, 0.4) is 0 Å². The molecule has 0 aliphatic heterocycles. The first kappa shape index (κ1) is 10.7. The van der Waals surface area contributed by atoms with Gasteiger partial charge < -0.3 is 4.74 Å². The lowest BCUT2D eigenvalue weighted by atomic mass is 10.1. The van der Waals surface area contributed by atoms with Crippen LogP contribution in [-0.4, -0.2) is 19.0 Å². The maximum absolute atomic E-state index is 11.2. The molecule has 0 aromatic carbocycles. The van der Waals surface area contributed by atoms with Crippen LogP contribution >= 0.6 is 0 Å². The third-order valence-corrected chi connectivity index (χ3v) is 2.46. The zero-order valence-corrected chi connectivity index (χ0v) is 8.71. The second-order valence-corrected chi connectivity index (χ2v) is 4.15. The second-order valence-electron chi connectivity index (χ2n) is 4.15. The van der Waals surface area contributed by atoms with Crippen LogP contribution in [0.5, 0.6) is 0 Å². The number of rotatable bonds is 7. The van der Waals surface area contributed by atoms with E-state index in [0.29, 0.717) is 24.2 Å². The smallest absolute Gasteiger partial charge is 0.161 e. The van der Waals surface area contributed by atoms with Crippen molar-refractivity contribution in [1.82, 2.24) is 0 Å². The van der Waals surface area contributed by atoms with Gasteiger partial charge in [-0.25, -0.2) is 0 Å². The molecule has 1 atom stereocenters. The van der Waals surface area contributed by atoms with Gasteiger partial charge in [0.2, 0.25) is 0 Å². The molecule has 0 radical (unpaired) electrons. The minimum Gasteiger partial charge on any atom is -0.373 e. The maximum atomic E-state index is 11.2. The van der Waals surface area contributed by atoms with E-state index in [2.05, 4.69) is 13.8 Å².